The predicted molar refractivity (Wildman–Crippen MR) is 89.0 cm³/mol. The molecule has 2 atom stereocenters. The average Bonchev–Trinajstić information content (AvgIpc) is 2.48. The minimum Gasteiger partial charge on any atom is -0.511 e. The number of benzene rings is 1. The lowest BCUT2D eigenvalue weighted by atomic mass is 9.81. The second-order valence-electron chi connectivity index (χ2n) is 5.38. The average molecular weight is 351 g/mol. The third-order valence-corrected chi connectivity index (χ3v) is 4.19. The lowest BCUT2D eigenvalue weighted by Gasteiger charge is -2.23. The van der Waals surface area contributed by atoms with Crippen molar-refractivity contribution in [3.05, 3.63) is 53.8 Å². The van der Waals surface area contributed by atoms with Gasteiger partial charge in [0.15, 0.2) is 5.78 Å². The normalized spacial score (nSPS) is 20.7. The fraction of sp³-hybridized carbons (Fsp3) is 0.250. The van der Waals surface area contributed by atoms with Crippen LogP contribution in [-0.2, 0) is 9.36 Å². The van der Waals surface area contributed by atoms with Gasteiger partial charge in [-0.1, -0.05) is 25.1 Å². The smallest absolute Gasteiger partial charge is 0.448 e. The number of phenols is 1. The lowest BCUT2D eigenvalue weighted by molar-refractivity contribution is -0.122. The molecule has 0 saturated heterocycles. The second kappa shape index (κ2) is 7.13. The summed E-state index contributed by atoms with van der Waals surface area (Å²) < 4.78 is 14.4. The molecule has 1 aliphatic rings. The Hall–Kier alpha value is -2.21. The van der Waals surface area contributed by atoms with E-state index >= 15 is 0 Å². The van der Waals surface area contributed by atoms with Crippen LogP contribution in [0.2, 0.25) is 0 Å². The second-order valence-corrected chi connectivity index (χ2v) is 6.60. The standard InChI is InChI=1S/C16H18NO6P/c1-2-12(10-6-8-11(18)9-7-10)16(20)15-13(17-24(21,22)23)4-3-5-14(15)19/h3-9,12,15,18-19H,2H2,1H3,(H2,21,22,23)/b17-13+. The number of carbonyl (C=O) groups excluding carboxylic acids is 1. The molecule has 2 rings (SSSR count). The van der Waals surface area contributed by atoms with E-state index in [1.165, 1.54) is 30.4 Å². The van der Waals surface area contributed by atoms with Gasteiger partial charge in [-0.05, 0) is 36.3 Å². The quantitative estimate of drug-likeness (QED) is 0.604. The van der Waals surface area contributed by atoms with Crippen molar-refractivity contribution in [3.8, 4) is 5.75 Å². The summed E-state index contributed by atoms with van der Waals surface area (Å²) in [5.41, 5.74) is 0.462. The summed E-state index contributed by atoms with van der Waals surface area (Å²) in [5.74, 6) is -2.52. The molecule has 1 aromatic rings. The number of hydrogen-bond donors (Lipinski definition) is 4. The number of allylic oxidation sites excluding steroid dienone is 4. The molecule has 0 saturated carbocycles. The fourth-order valence-corrected chi connectivity index (χ4v) is 3.11. The minimum absolute atomic E-state index is 0.0631. The van der Waals surface area contributed by atoms with Crippen LogP contribution in [0, 0.1) is 5.92 Å². The van der Waals surface area contributed by atoms with E-state index in [4.69, 9.17) is 9.79 Å². The number of aromatic hydroxyl groups is 1. The summed E-state index contributed by atoms with van der Waals surface area (Å²) in [5, 5.41) is 19.4. The van der Waals surface area contributed by atoms with Crippen molar-refractivity contribution in [2.24, 2.45) is 10.7 Å². The summed E-state index contributed by atoms with van der Waals surface area (Å²) in [6.45, 7) is 1.79. The molecule has 1 aromatic carbocycles. The van der Waals surface area contributed by atoms with Gasteiger partial charge in [0.2, 0.25) is 0 Å². The number of nitrogens with zero attached hydrogens (tertiary/aromatic N) is 1. The molecule has 4 N–H and O–H groups in total. The van der Waals surface area contributed by atoms with Crippen LogP contribution < -0.4 is 0 Å². The Morgan fingerprint density at radius 2 is 1.88 bits per heavy atom. The first-order chi connectivity index (χ1) is 11.2. The fourth-order valence-electron chi connectivity index (χ4n) is 2.63. The number of aliphatic hydroxyl groups excluding tert-OH is 1. The van der Waals surface area contributed by atoms with Crippen molar-refractivity contribution < 1.29 is 29.4 Å². The van der Waals surface area contributed by atoms with E-state index in [0.717, 1.165) is 0 Å². The number of Topliss-reactive ketones (excluding diaryl/α,β-unsaturated/α-hetero) is 1. The topological polar surface area (TPSA) is 127 Å². The predicted octanol–water partition coefficient (Wildman–Crippen LogP) is 2.62. The molecule has 0 aliphatic heterocycles. The van der Waals surface area contributed by atoms with Gasteiger partial charge in [0.05, 0.1) is 5.71 Å². The number of ketones is 1. The molecule has 0 fully saturated rings. The first kappa shape index (κ1) is 18.1. The third-order valence-electron chi connectivity index (χ3n) is 3.70. The summed E-state index contributed by atoms with van der Waals surface area (Å²) in [6, 6.07) is 6.10. The van der Waals surface area contributed by atoms with Crippen LogP contribution >= 0.6 is 7.75 Å². The van der Waals surface area contributed by atoms with Crippen molar-refractivity contribution in [2.45, 2.75) is 19.3 Å². The molecule has 7 nitrogen and oxygen atoms in total. The Balaban J connectivity index is 2.41. The molecule has 0 amide bonds. The zero-order valence-corrected chi connectivity index (χ0v) is 13.8. The van der Waals surface area contributed by atoms with E-state index in [2.05, 4.69) is 4.76 Å². The van der Waals surface area contributed by atoms with Crippen molar-refractivity contribution in [3.63, 3.8) is 0 Å². The Kier molecular flexibility index (Phi) is 5.39. The van der Waals surface area contributed by atoms with E-state index in [9.17, 15) is 19.6 Å². The molecule has 2 unspecified atom stereocenters. The van der Waals surface area contributed by atoms with E-state index in [1.54, 1.807) is 19.1 Å². The van der Waals surface area contributed by atoms with Crippen molar-refractivity contribution in [1.29, 1.82) is 0 Å². The number of phenolic OH excluding ortho intramolecular Hbond substituents is 1. The Bertz CT molecular complexity index is 759. The van der Waals surface area contributed by atoms with Gasteiger partial charge in [0.25, 0.3) is 0 Å². The summed E-state index contributed by atoms with van der Waals surface area (Å²) >= 11 is 0. The van der Waals surface area contributed by atoms with Gasteiger partial charge in [0.1, 0.15) is 17.4 Å². The molecule has 128 valence electrons. The van der Waals surface area contributed by atoms with Gasteiger partial charge in [-0.3, -0.25) is 4.79 Å². The molecule has 0 heterocycles. The van der Waals surface area contributed by atoms with Crippen LogP contribution in [0.25, 0.3) is 0 Å². The summed E-state index contributed by atoms with van der Waals surface area (Å²) in [4.78, 5) is 31.0. The molecule has 0 radical (unpaired) electrons. The maximum atomic E-state index is 12.9. The first-order valence-corrected chi connectivity index (χ1v) is 8.85. The summed E-state index contributed by atoms with van der Waals surface area (Å²) in [7, 11) is -4.74. The number of carbonyl (C=O) groups is 1. The van der Waals surface area contributed by atoms with Gasteiger partial charge in [0, 0.05) is 5.92 Å². The molecule has 8 heteroatoms. The van der Waals surface area contributed by atoms with Crippen LogP contribution in [0.1, 0.15) is 24.8 Å². The third kappa shape index (κ3) is 4.20. The SMILES string of the molecule is CCC(C(=O)C1C(O)=CC=C/C1=N\P(=O)(O)O)c1ccc(O)cc1. The Morgan fingerprint density at radius 1 is 1.25 bits per heavy atom. The van der Waals surface area contributed by atoms with Gasteiger partial charge < -0.3 is 20.0 Å². The van der Waals surface area contributed by atoms with Crippen LogP contribution in [0.4, 0.5) is 0 Å². The highest BCUT2D eigenvalue weighted by Crippen LogP contribution is 2.39. The Morgan fingerprint density at radius 3 is 2.42 bits per heavy atom. The molecular formula is C16H18NO6P. The molecule has 0 bridgehead atoms. The highest BCUT2D eigenvalue weighted by Gasteiger charge is 2.35. The number of rotatable bonds is 5. The molecular weight excluding hydrogens is 333 g/mol. The zero-order chi connectivity index (χ0) is 17.9. The lowest BCUT2D eigenvalue weighted by Crippen LogP contribution is -2.31. The minimum atomic E-state index is -4.74. The first-order valence-electron chi connectivity index (χ1n) is 7.28. The molecule has 1 aliphatic carbocycles. The number of aliphatic hydroxyl groups is 1. The summed E-state index contributed by atoms with van der Waals surface area (Å²) in [6.07, 6.45) is 4.38. The van der Waals surface area contributed by atoms with E-state index in [-0.39, 0.29) is 17.2 Å². The van der Waals surface area contributed by atoms with E-state index in [0.29, 0.717) is 12.0 Å². The van der Waals surface area contributed by atoms with Crippen molar-refractivity contribution in [2.75, 3.05) is 0 Å². The van der Waals surface area contributed by atoms with Crippen LogP contribution in [-0.4, -0.2) is 31.5 Å². The van der Waals surface area contributed by atoms with Crippen LogP contribution in [0.15, 0.2) is 53.0 Å². The van der Waals surface area contributed by atoms with Gasteiger partial charge in [-0.25, -0.2) is 4.57 Å². The highest BCUT2D eigenvalue weighted by molar-refractivity contribution is 7.50. The van der Waals surface area contributed by atoms with Crippen molar-refractivity contribution >= 4 is 19.2 Å². The van der Waals surface area contributed by atoms with Gasteiger partial charge in [-0.2, -0.15) is 4.76 Å². The largest absolute Gasteiger partial charge is 0.511 e. The monoisotopic (exact) mass is 351 g/mol. The van der Waals surface area contributed by atoms with E-state index < -0.39 is 25.4 Å². The maximum absolute atomic E-state index is 12.9. The maximum Gasteiger partial charge on any atom is 0.448 e. The highest BCUT2D eigenvalue weighted by atomic mass is 31.2. The molecule has 24 heavy (non-hydrogen) atoms. The van der Waals surface area contributed by atoms with Crippen LogP contribution in [0.5, 0.6) is 5.75 Å². The zero-order valence-electron chi connectivity index (χ0n) is 12.9. The number of hydrogen-bond acceptors (Lipinski definition) is 4. The van der Waals surface area contributed by atoms with E-state index in [1.807, 2.05) is 0 Å². The van der Waals surface area contributed by atoms with Crippen molar-refractivity contribution in [1.82, 2.24) is 0 Å². The molecule has 0 aromatic heterocycles. The van der Waals surface area contributed by atoms with Gasteiger partial charge in [-0.15, -0.1) is 0 Å². The molecule has 0 spiro atoms. The Labute approximate surface area is 138 Å². The van der Waals surface area contributed by atoms with Gasteiger partial charge >= 0.3 is 7.75 Å². The van der Waals surface area contributed by atoms with Crippen LogP contribution in [0.3, 0.4) is 0 Å².